The van der Waals surface area contributed by atoms with Gasteiger partial charge in [-0.3, -0.25) is 4.79 Å². The van der Waals surface area contributed by atoms with Crippen LogP contribution >= 0.6 is 0 Å². The van der Waals surface area contributed by atoms with Crippen molar-refractivity contribution in [3.63, 3.8) is 0 Å². The second-order valence-corrected chi connectivity index (χ2v) is 11.3. The summed E-state index contributed by atoms with van der Waals surface area (Å²) >= 11 is 0. The van der Waals surface area contributed by atoms with E-state index >= 15 is 0 Å². The van der Waals surface area contributed by atoms with Crippen LogP contribution in [-0.2, 0) is 14.3 Å². The van der Waals surface area contributed by atoms with Crippen molar-refractivity contribution in [3.05, 3.63) is 78.1 Å². The molecule has 2 aromatic rings. The van der Waals surface area contributed by atoms with Crippen LogP contribution in [0, 0.1) is 25.7 Å². The van der Waals surface area contributed by atoms with E-state index in [-0.39, 0.29) is 17.9 Å². The smallest absolute Gasteiger partial charge is 0.338 e. The van der Waals surface area contributed by atoms with Crippen LogP contribution < -0.4 is 4.74 Å². The maximum Gasteiger partial charge on any atom is 0.338 e. The number of benzene rings is 2. The number of ether oxygens (including phenoxy) is 3. The van der Waals surface area contributed by atoms with E-state index in [2.05, 4.69) is 38.1 Å². The minimum absolute atomic E-state index is 0.0730. The molecule has 0 radical (unpaired) electrons. The molecule has 0 N–H and O–H groups in total. The number of hydrogen-bond donors (Lipinski definition) is 0. The third-order valence-electron chi connectivity index (χ3n) is 8.18. The second kappa shape index (κ2) is 15.1. The number of carbonyl (C=O) groups excluding carboxylic acids is 2. The Morgan fingerprint density at radius 2 is 1.46 bits per heavy atom. The number of hydrogen-bond acceptors (Lipinski definition) is 5. The molecule has 2 aliphatic rings. The van der Waals surface area contributed by atoms with Crippen LogP contribution in [0.4, 0.5) is 0 Å². The Balaban J connectivity index is 1.02. The number of rotatable bonds is 12. The highest BCUT2D eigenvalue weighted by atomic mass is 16.5. The van der Waals surface area contributed by atoms with Gasteiger partial charge in [0.1, 0.15) is 5.75 Å². The first kappa shape index (κ1) is 29.2. The van der Waals surface area contributed by atoms with Crippen molar-refractivity contribution >= 4 is 11.9 Å². The van der Waals surface area contributed by atoms with Crippen molar-refractivity contribution < 1.29 is 23.8 Å². The summed E-state index contributed by atoms with van der Waals surface area (Å²) in [5, 5.41) is 0. The van der Waals surface area contributed by atoms with Gasteiger partial charge in [-0.2, -0.15) is 0 Å². The lowest BCUT2D eigenvalue weighted by Gasteiger charge is -2.29. The number of unbranched alkanes of at least 4 members (excludes halogenated alkanes) is 3. The van der Waals surface area contributed by atoms with Gasteiger partial charge in [0.05, 0.1) is 37.0 Å². The summed E-state index contributed by atoms with van der Waals surface area (Å²) in [6.45, 7) is 7.35. The number of aryl methyl sites for hydroxylation is 1. The molecule has 4 rings (SSSR count). The fourth-order valence-electron chi connectivity index (χ4n) is 5.58. The van der Waals surface area contributed by atoms with E-state index in [1.165, 1.54) is 29.9 Å². The molecule has 0 spiro atoms. The molecule has 0 bridgehead atoms. The van der Waals surface area contributed by atoms with Crippen LogP contribution in [0.5, 0.6) is 5.75 Å². The van der Waals surface area contributed by atoms with Crippen LogP contribution in [0.2, 0.25) is 0 Å². The van der Waals surface area contributed by atoms with Crippen LogP contribution in [0.25, 0.3) is 0 Å². The minimum atomic E-state index is -0.344. The molecule has 0 aliphatic heterocycles. The van der Waals surface area contributed by atoms with E-state index in [0.29, 0.717) is 29.9 Å². The first-order chi connectivity index (χ1) is 19.0. The predicted octanol–water partition coefficient (Wildman–Crippen LogP) is 7.96. The van der Waals surface area contributed by atoms with Gasteiger partial charge >= 0.3 is 11.9 Å². The highest BCUT2D eigenvalue weighted by Gasteiger charge is 2.28. The van der Waals surface area contributed by atoms with E-state index in [1.807, 2.05) is 0 Å². The van der Waals surface area contributed by atoms with E-state index < -0.39 is 0 Å². The largest absolute Gasteiger partial charge is 0.462 e. The summed E-state index contributed by atoms with van der Waals surface area (Å²) in [5.74, 6) is 1.73. The van der Waals surface area contributed by atoms with Gasteiger partial charge in [-0.15, -0.1) is 6.92 Å². The standard InChI is InChI=1S/C34H44O5/c1-25-7-11-27(12-8-25)28-15-19-31(20-16-28)37-23-5-3-4-6-24-38-33(35)29-17-21-32(22-18-29)39-34(36)30-13-9-26(2)10-14-30/h7-8,11-12,17-18,21-22,28,30-31H,2-6,9-10,13-16,19-20,23-24H2,1H3. The van der Waals surface area contributed by atoms with Gasteiger partial charge in [0.25, 0.3) is 0 Å². The molecule has 2 aliphatic carbocycles. The van der Waals surface area contributed by atoms with E-state index in [4.69, 9.17) is 14.2 Å². The highest BCUT2D eigenvalue weighted by Crippen LogP contribution is 2.34. The van der Waals surface area contributed by atoms with Crippen molar-refractivity contribution in [2.24, 2.45) is 5.92 Å². The summed E-state index contributed by atoms with van der Waals surface area (Å²) in [7, 11) is 0. The normalized spacial score (nSPS) is 20.0. The van der Waals surface area contributed by atoms with Gasteiger partial charge < -0.3 is 14.2 Å². The zero-order chi connectivity index (χ0) is 27.5. The molecular weight excluding hydrogens is 488 g/mol. The van der Waals surface area contributed by atoms with Gasteiger partial charge in [0.2, 0.25) is 0 Å². The summed E-state index contributed by atoms with van der Waals surface area (Å²) in [4.78, 5) is 24.7. The fraction of sp³-hybridized carbons (Fsp3) is 0.529. The summed E-state index contributed by atoms with van der Waals surface area (Å²) in [5.41, 5.74) is 3.26. The third kappa shape index (κ3) is 9.42. The lowest BCUT2D eigenvalue weighted by atomic mass is 9.82. The van der Waals surface area contributed by atoms with Crippen molar-refractivity contribution in [2.45, 2.75) is 96.0 Å². The molecule has 0 amide bonds. The van der Waals surface area contributed by atoms with Crippen molar-refractivity contribution in [1.82, 2.24) is 0 Å². The number of esters is 2. The van der Waals surface area contributed by atoms with Gasteiger partial charge in [-0.25, -0.2) is 4.79 Å². The fourth-order valence-corrected chi connectivity index (χ4v) is 5.58. The molecule has 2 saturated carbocycles. The van der Waals surface area contributed by atoms with Gasteiger partial charge in [0.15, 0.2) is 0 Å². The quantitative estimate of drug-likeness (QED) is 0.120. The van der Waals surface area contributed by atoms with E-state index in [9.17, 15) is 9.59 Å². The van der Waals surface area contributed by atoms with Crippen LogP contribution in [-0.4, -0.2) is 31.3 Å². The van der Waals surface area contributed by atoms with Crippen LogP contribution in [0.1, 0.15) is 104 Å². The van der Waals surface area contributed by atoms with Crippen molar-refractivity contribution in [2.75, 3.05) is 13.2 Å². The van der Waals surface area contributed by atoms with E-state index in [1.54, 1.807) is 24.3 Å². The van der Waals surface area contributed by atoms with Crippen molar-refractivity contribution in [1.29, 1.82) is 0 Å². The molecule has 2 aromatic carbocycles. The molecule has 5 heteroatoms. The lowest BCUT2D eigenvalue weighted by molar-refractivity contribution is -0.139. The Hall–Kier alpha value is -2.79. The molecule has 210 valence electrons. The summed E-state index contributed by atoms with van der Waals surface area (Å²) in [6.07, 6.45) is 12.5. The summed E-state index contributed by atoms with van der Waals surface area (Å²) < 4.78 is 17.1. The molecular formula is C34H44O5. The molecule has 5 nitrogen and oxygen atoms in total. The zero-order valence-electron chi connectivity index (χ0n) is 23.5. The van der Waals surface area contributed by atoms with Gasteiger partial charge in [0, 0.05) is 6.61 Å². The molecule has 0 unspecified atom stereocenters. The molecule has 0 saturated heterocycles. The monoisotopic (exact) mass is 532 g/mol. The average Bonchev–Trinajstić information content (AvgIpc) is 2.96. The topological polar surface area (TPSA) is 61.8 Å². The van der Waals surface area contributed by atoms with Crippen molar-refractivity contribution in [3.8, 4) is 5.75 Å². The Labute approximate surface area is 234 Å². The molecule has 0 aromatic heterocycles. The van der Waals surface area contributed by atoms with Crippen LogP contribution in [0.15, 0.2) is 48.5 Å². The maximum absolute atomic E-state index is 12.4. The molecule has 39 heavy (non-hydrogen) atoms. The summed E-state index contributed by atoms with van der Waals surface area (Å²) in [6, 6.07) is 15.6. The predicted molar refractivity (Wildman–Crippen MR) is 154 cm³/mol. The highest BCUT2D eigenvalue weighted by molar-refractivity contribution is 5.89. The molecule has 2 fully saturated rings. The molecule has 0 atom stereocenters. The third-order valence-corrected chi connectivity index (χ3v) is 8.18. The molecule has 0 heterocycles. The SMILES string of the molecule is [CH2-][C+]1CCC(C(=O)Oc2ccc(C(=O)OCCCCCCOC3CCC(c4ccc(C)cc4)CC3)cc2)CC1. The Morgan fingerprint density at radius 3 is 2.13 bits per heavy atom. The zero-order valence-corrected chi connectivity index (χ0v) is 23.5. The average molecular weight is 533 g/mol. The van der Waals surface area contributed by atoms with Gasteiger partial charge in [-0.05, 0) is 100 Å². The second-order valence-electron chi connectivity index (χ2n) is 11.3. The first-order valence-corrected chi connectivity index (χ1v) is 14.8. The first-order valence-electron chi connectivity index (χ1n) is 14.8. The van der Waals surface area contributed by atoms with E-state index in [0.717, 1.165) is 70.8 Å². The number of carbonyl (C=O) groups is 2. The Kier molecular flexibility index (Phi) is 11.3. The Morgan fingerprint density at radius 1 is 0.821 bits per heavy atom. The minimum Gasteiger partial charge on any atom is -0.462 e. The van der Waals surface area contributed by atoms with Crippen LogP contribution in [0.3, 0.4) is 0 Å². The Bertz CT molecular complexity index is 1010. The lowest BCUT2D eigenvalue weighted by Crippen LogP contribution is -2.24. The van der Waals surface area contributed by atoms with Gasteiger partial charge in [-0.1, -0.05) is 42.2 Å². The maximum atomic E-state index is 12.4.